The van der Waals surface area contributed by atoms with E-state index < -0.39 is 0 Å². The number of hydrogen-bond donors (Lipinski definition) is 1. The Balaban J connectivity index is 1.69. The second kappa shape index (κ2) is 8.87. The third kappa shape index (κ3) is 4.04. The second-order valence-corrected chi connectivity index (χ2v) is 7.22. The predicted molar refractivity (Wildman–Crippen MR) is 113 cm³/mol. The molecule has 164 valence electrons. The van der Waals surface area contributed by atoms with E-state index in [1.54, 1.807) is 24.3 Å². The standard InChI is InChI=1S/C23H25NO7/c1-27-18-12-20(29-3)19(28-2)10-14(18)11-21-22(26)15-4-5-17(25)16(23(15)31-21)13-24-6-8-30-9-7-24/h4-5,10-12,25H,6-9,13H2,1-3H3. The van der Waals surface area contributed by atoms with Crippen molar-refractivity contribution in [3.05, 3.63) is 46.7 Å². The summed E-state index contributed by atoms with van der Waals surface area (Å²) in [7, 11) is 4.61. The Kier molecular flexibility index (Phi) is 6.01. The molecular weight excluding hydrogens is 402 g/mol. The number of nitrogens with zero attached hydrogens (tertiary/aromatic N) is 1. The van der Waals surface area contributed by atoms with Gasteiger partial charge < -0.3 is 28.8 Å². The molecule has 0 unspecified atom stereocenters. The number of ketones is 1. The first-order valence-electron chi connectivity index (χ1n) is 9.95. The Bertz CT molecular complexity index is 1030. The molecule has 1 fully saturated rings. The Hall–Kier alpha value is -3.23. The summed E-state index contributed by atoms with van der Waals surface area (Å²) in [5.41, 5.74) is 1.62. The van der Waals surface area contributed by atoms with Crippen molar-refractivity contribution in [2.75, 3.05) is 47.6 Å². The summed E-state index contributed by atoms with van der Waals surface area (Å²) < 4.78 is 27.5. The van der Waals surface area contributed by atoms with E-state index in [2.05, 4.69) is 4.90 Å². The minimum Gasteiger partial charge on any atom is -0.507 e. The third-order valence-corrected chi connectivity index (χ3v) is 5.42. The molecule has 1 N–H and O–H groups in total. The van der Waals surface area contributed by atoms with E-state index >= 15 is 0 Å². The van der Waals surface area contributed by atoms with Crippen molar-refractivity contribution in [1.29, 1.82) is 0 Å². The van der Waals surface area contributed by atoms with E-state index in [-0.39, 0.29) is 17.3 Å². The fraction of sp³-hybridized carbons (Fsp3) is 0.348. The largest absolute Gasteiger partial charge is 0.507 e. The highest BCUT2D eigenvalue weighted by molar-refractivity contribution is 6.15. The van der Waals surface area contributed by atoms with Crippen molar-refractivity contribution in [3.8, 4) is 28.7 Å². The number of aromatic hydroxyl groups is 1. The Labute approximate surface area is 180 Å². The van der Waals surface area contributed by atoms with Crippen LogP contribution in [0.1, 0.15) is 21.5 Å². The van der Waals surface area contributed by atoms with Gasteiger partial charge in [-0.3, -0.25) is 9.69 Å². The number of Topliss-reactive ketones (excluding diaryl/α,β-unsaturated/α-hetero) is 1. The van der Waals surface area contributed by atoms with Crippen molar-refractivity contribution in [3.63, 3.8) is 0 Å². The minimum absolute atomic E-state index is 0.1000. The van der Waals surface area contributed by atoms with Crippen molar-refractivity contribution in [2.45, 2.75) is 6.54 Å². The molecule has 0 bridgehead atoms. The van der Waals surface area contributed by atoms with Crippen LogP contribution in [0.2, 0.25) is 0 Å². The van der Waals surface area contributed by atoms with Crippen molar-refractivity contribution < 1.29 is 33.6 Å². The number of ether oxygens (including phenoxy) is 5. The lowest BCUT2D eigenvalue weighted by atomic mass is 10.0. The van der Waals surface area contributed by atoms with E-state index in [1.807, 2.05) is 0 Å². The number of methoxy groups -OCH3 is 3. The van der Waals surface area contributed by atoms with Gasteiger partial charge in [0.2, 0.25) is 5.78 Å². The van der Waals surface area contributed by atoms with Crippen LogP contribution in [0.4, 0.5) is 0 Å². The molecular formula is C23H25NO7. The number of fused-ring (bicyclic) bond motifs is 1. The summed E-state index contributed by atoms with van der Waals surface area (Å²) in [6.45, 7) is 3.25. The molecule has 2 heterocycles. The molecule has 4 rings (SSSR count). The van der Waals surface area contributed by atoms with Crippen LogP contribution in [-0.4, -0.2) is 63.4 Å². The predicted octanol–water partition coefficient (Wildman–Crippen LogP) is 2.87. The van der Waals surface area contributed by atoms with E-state index in [1.165, 1.54) is 27.4 Å². The lowest BCUT2D eigenvalue weighted by molar-refractivity contribution is 0.0336. The SMILES string of the molecule is COc1cc(OC)c(OC)cc1C=C1Oc2c(ccc(O)c2CN2CCOCC2)C1=O. The summed E-state index contributed by atoms with van der Waals surface area (Å²) >= 11 is 0. The van der Waals surface area contributed by atoms with Crippen LogP contribution < -0.4 is 18.9 Å². The smallest absolute Gasteiger partial charge is 0.231 e. The normalized spacial score (nSPS) is 17.4. The molecule has 0 spiro atoms. The van der Waals surface area contributed by atoms with Gasteiger partial charge in [0.1, 0.15) is 17.2 Å². The maximum atomic E-state index is 13.0. The Morgan fingerprint density at radius 3 is 2.39 bits per heavy atom. The maximum Gasteiger partial charge on any atom is 0.231 e. The summed E-state index contributed by atoms with van der Waals surface area (Å²) in [5, 5.41) is 10.5. The van der Waals surface area contributed by atoms with Gasteiger partial charge in [-0.05, 0) is 24.3 Å². The number of carbonyl (C=O) groups is 1. The third-order valence-electron chi connectivity index (χ3n) is 5.42. The van der Waals surface area contributed by atoms with Crippen molar-refractivity contribution >= 4 is 11.9 Å². The van der Waals surface area contributed by atoms with Crippen LogP contribution in [0.3, 0.4) is 0 Å². The van der Waals surface area contributed by atoms with Crippen molar-refractivity contribution in [2.24, 2.45) is 0 Å². The van der Waals surface area contributed by atoms with Crippen LogP contribution in [0.5, 0.6) is 28.7 Å². The number of carbonyl (C=O) groups excluding carboxylic acids is 1. The number of hydrogen-bond acceptors (Lipinski definition) is 8. The summed E-state index contributed by atoms with van der Waals surface area (Å²) in [6.07, 6.45) is 1.61. The molecule has 2 aliphatic rings. The molecule has 31 heavy (non-hydrogen) atoms. The number of benzene rings is 2. The topological polar surface area (TPSA) is 86.7 Å². The Morgan fingerprint density at radius 2 is 1.71 bits per heavy atom. The van der Waals surface area contributed by atoms with Gasteiger partial charge in [0.25, 0.3) is 0 Å². The van der Waals surface area contributed by atoms with E-state index in [0.717, 1.165) is 13.1 Å². The first-order valence-corrected chi connectivity index (χ1v) is 9.95. The van der Waals surface area contributed by atoms with Gasteiger partial charge in [-0.1, -0.05) is 0 Å². The van der Waals surface area contributed by atoms with E-state index in [0.29, 0.717) is 59.4 Å². The molecule has 0 aliphatic carbocycles. The Morgan fingerprint density at radius 1 is 1.03 bits per heavy atom. The van der Waals surface area contributed by atoms with Crippen LogP contribution in [0.25, 0.3) is 6.08 Å². The summed E-state index contributed by atoms with van der Waals surface area (Å²) in [4.78, 5) is 15.2. The fourth-order valence-corrected chi connectivity index (χ4v) is 3.74. The number of allylic oxidation sites excluding steroid dienone is 1. The molecule has 8 heteroatoms. The van der Waals surface area contributed by atoms with Gasteiger partial charge in [-0.15, -0.1) is 0 Å². The zero-order chi connectivity index (χ0) is 22.0. The van der Waals surface area contributed by atoms with Crippen molar-refractivity contribution in [1.82, 2.24) is 4.90 Å². The minimum atomic E-state index is -0.255. The van der Waals surface area contributed by atoms with Gasteiger partial charge in [0, 0.05) is 31.3 Å². The maximum absolute atomic E-state index is 13.0. The van der Waals surface area contributed by atoms with Crippen LogP contribution in [-0.2, 0) is 11.3 Å². The van der Waals surface area contributed by atoms with Gasteiger partial charge in [0.15, 0.2) is 17.3 Å². The van der Waals surface area contributed by atoms with Gasteiger partial charge in [0.05, 0.1) is 45.7 Å². The number of rotatable bonds is 6. The van der Waals surface area contributed by atoms with Gasteiger partial charge >= 0.3 is 0 Å². The first-order chi connectivity index (χ1) is 15.0. The fourth-order valence-electron chi connectivity index (χ4n) is 3.74. The molecule has 2 aromatic rings. The average molecular weight is 427 g/mol. The zero-order valence-electron chi connectivity index (χ0n) is 17.8. The molecule has 8 nitrogen and oxygen atoms in total. The molecule has 0 amide bonds. The van der Waals surface area contributed by atoms with E-state index in [9.17, 15) is 9.90 Å². The van der Waals surface area contributed by atoms with Crippen LogP contribution in [0.15, 0.2) is 30.0 Å². The first kappa shape index (κ1) is 21.0. The zero-order valence-corrected chi connectivity index (χ0v) is 17.8. The monoisotopic (exact) mass is 427 g/mol. The van der Waals surface area contributed by atoms with Crippen LogP contribution >= 0.6 is 0 Å². The highest BCUT2D eigenvalue weighted by Gasteiger charge is 2.32. The molecule has 0 atom stereocenters. The summed E-state index contributed by atoms with van der Waals surface area (Å²) in [6, 6.07) is 6.53. The van der Waals surface area contributed by atoms with E-state index in [4.69, 9.17) is 23.7 Å². The number of phenols is 1. The van der Waals surface area contributed by atoms with Crippen LogP contribution in [0, 0.1) is 0 Å². The summed E-state index contributed by atoms with van der Waals surface area (Å²) in [5.74, 6) is 1.91. The lowest BCUT2D eigenvalue weighted by Gasteiger charge is -2.27. The van der Waals surface area contributed by atoms with Gasteiger partial charge in [-0.25, -0.2) is 0 Å². The lowest BCUT2D eigenvalue weighted by Crippen LogP contribution is -2.35. The molecule has 2 aliphatic heterocycles. The van der Waals surface area contributed by atoms with Gasteiger partial charge in [-0.2, -0.15) is 0 Å². The number of morpholine rings is 1. The second-order valence-electron chi connectivity index (χ2n) is 7.22. The molecule has 1 saturated heterocycles. The highest BCUT2D eigenvalue weighted by atomic mass is 16.5. The molecule has 2 aromatic carbocycles. The molecule has 0 aromatic heterocycles. The highest BCUT2D eigenvalue weighted by Crippen LogP contribution is 2.42. The molecule has 0 saturated carbocycles. The average Bonchev–Trinajstić information content (AvgIpc) is 3.11. The quantitative estimate of drug-likeness (QED) is 0.705. The number of phenolic OH excluding ortho intramolecular Hbond substituents is 1. The molecule has 0 radical (unpaired) electrons.